The minimum absolute atomic E-state index is 0.174. The first-order valence-corrected chi connectivity index (χ1v) is 10.4. The smallest absolute Gasteiger partial charge is 0.220 e. The number of piperidine rings is 1. The van der Waals surface area contributed by atoms with Gasteiger partial charge in [0.05, 0.1) is 15.2 Å². The Hall–Kier alpha value is -1.46. The second-order valence-corrected chi connectivity index (χ2v) is 8.27. The van der Waals surface area contributed by atoms with Crippen LogP contribution in [0.3, 0.4) is 0 Å². The van der Waals surface area contributed by atoms with Crippen molar-refractivity contribution >= 4 is 27.5 Å². The highest BCUT2D eigenvalue weighted by atomic mass is 32.1. The van der Waals surface area contributed by atoms with E-state index in [4.69, 9.17) is 0 Å². The molecule has 136 valence electrons. The minimum Gasteiger partial charge on any atom is -0.356 e. The van der Waals surface area contributed by atoms with Gasteiger partial charge in [0.15, 0.2) is 0 Å². The molecule has 0 unspecified atom stereocenters. The number of benzene rings is 1. The number of aromatic nitrogens is 1. The molecular formula is C20H29N3OS. The predicted molar refractivity (Wildman–Crippen MR) is 105 cm³/mol. The Morgan fingerprint density at radius 3 is 2.88 bits per heavy atom. The van der Waals surface area contributed by atoms with Gasteiger partial charge in [0.25, 0.3) is 0 Å². The Balaban J connectivity index is 1.27. The molecule has 1 N–H and O–H groups in total. The van der Waals surface area contributed by atoms with E-state index < -0.39 is 0 Å². The Kier molecular flexibility index (Phi) is 6.82. The van der Waals surface area contributed by atoms with Crippen molar-refractivity contribution in [2.75, 3.05) is 26.2 Å². The van der Waals surface area contributed by atoms with E-state index in [-0.39, 0.29) is 5.91 Å². The third-order valence-electron chi connectivity index (χ3n) is 4.98. The highest BCUT2D eigenvalue weighted by molar-refractivity contribution is 7.18. The van der Waals surface area contributed by atoms with E-state index >= 15 is 0 Å². The van der Waals surface area contributed by atoms with E-state index in [2.05, 4.69) is 28.2 Å². The highest BCUT2D eigenvalue weighted by Gasteiger charge is 2.14. The molecule has 1 aliphatic rings. The SMILES string of the molecule is CC1CCN(CCCNC(=O)CCCc2nc3ccccc3s2)CC1. The zero-order chi connectivity index (χ0) is 17.5. The second kappa shape index (κ2) is 9.30. The number of hydrogen-bond donors (Lipinski definition) is 1. The van der Waals surface area contributed by atoms with Crippen molar-refractivity contribution in [3.63, 3.8) is 0 Å². The largest absolute Gasteiger partial charge is 0.356 e. The molecule has 0 bridgehead atoms. The van der Waals surface area contributed by atoms with E-state index in [1.54, 1.807) is 11.3 Å². The van der Waals surface area contributed by atoms with Gasteiger partial charge in [-0.2, -0.15) is 0 Å². The maximum atomic E-state index is 12.0. The van der Waals surface area contributed by atoms with Gasteiger partial charge in [-0.25, -0.2) is 4.98 Å². The van der Waals surface area contributed by atoms with Gasteiger partial charge in [0.2, 0.25) is 5.91 Å². The van der Waals surface area contributed by atoms with Gasteiger partial charge < -0.3 is 10.2 Å². The lowest BCUT2D eigenvalue weighted by Gasteiger charge is -2.30. The summed E-state index contributed by atoms with van der Waals surface area (Å²) < 4.78 is 1.23. The first kappa shape index (κ1) is 18.3. The fourth-order valence-electron chi connectivity index (χ4n) is 3.33. The first-order valence-electron chi connectivity index (χ1n) is 9.54. The number of thiazole rings is 1. The Labute approximate surface area is 154 Å². The summed E-state index contributed by atoms with van der Waals surface area (Å²) in [6, 6.07) is 8.21. The fraction of sp³-hybridized carbons (Fsp3) is 0.600. The molecule has 2 aromatic rings. The molecule has 0 radical (unpaired) electrons. The summed E-state index contributed by atoms with van der Waals surface area (Å²) in [6.07, 6.45) is 6.04. The van der Waals surface area contributed by atoms with Gasteiger partial charge >= 0.3 is 0 Å². The average Bonchev–Trinajstić information content (AvgIpc) is 3.03. The molecule has 0 atom stereocenters. The number of carbonyl (C=O) groups is 1. The van der Waals surface area contributed by atoms with Crippen LogP contribution in [-0.2, 0) is 11.2 Å². The van der Waals surface area contributed by atoms with E-state index in [9.17, 15) is 4.79 Å². The number of aryl methyl sites for hydroxylation is 1. The number of carbonyl (C=O) groups excluding carboxylic acids is 1. The summed E-state index contributed by atoms with van der Waals surface area (Å²) >= 11 is 1.74. The molecule has 0 spiro atoms. The summed E-state index contributed by atoms with van der Waals surface area (Å²) in [5.74, 6) is 1.06. The number of rotatable bonds is 8. The van der Waals surface area contributed by atoms with Crippen LogP contribution >= 0.6 is 11.3 Å². The lowest BCUT2D eigenvalue weighted by atomic mass is 9.99. The molecule has 3 rings (SSSR count). The number of para-hydroxylation sites is 1. The quantitative estimate of drug-likeness (QED) is 0.728. The van der Waals surface area contributed by atoms with Crippen LogP contribution in [0.15, 0.2) is 24.3 Å². The molecule has 5 heteroatoms. The lowest BCUT2D eigenvalue weighted by molar-refractivity contribution is -0.121. The highest BCUT2D eigenvalue weighted by Crippen LogP contribution is 2.22. The zero-order valence-electron chi connectivity index (χ0n) is 15.2. The zero-order valence-corrected chi connectivity index (χ0v) is 16.0. The van der Waals surface area contributed by atoms with E-state index in [1.165, 1.54) is 30.6 Å². The minimum atomic E-state index is 0.174. The topological polar surface area (TPSA) is 45.2 Å². The van der Waals surface area contributed by atoms with Crippen molar-refractivity contribution in [3.8, 4) is 0 Å². The Bertz CT molecular complexity index is 643. The third-order valence-corrected chi connectivity index (χ3v) is 6.08. The van der Waals surface area contributed by atoms with Gasteiger partial charge in [0, 0.05) is 13.0 Å². The maximum Gasteiger partial charge on any atom is 0.220 e. The fourth-order valence-corrected chi connectivity index (χ4v) is 4.34. The molecule has 1 amide bonds. The second-order valence-electron chi connectivity index (χ2n) is 7.16. The van der Waals surface area contributed by atoms with Crippen molar-refractivity contribution in [2.45, 2.75) is 45.4 Å². The number of hydrogen-bond acceptors (Lipinski definition) is 4. The van der Waals surface area contributed by atoms with Crippen LogP contribution in [0.2, 0.25) is 0 Å². The van der Waals surface area contributed by atoms with Crippen LogP contribution in [0, 0.1) is 5.92 Å². The van der Waals surface area contributed by atoms with Crippen LogP contribution in [0.4, 0.5) is 0 Å². The van der Waals surface area contributed by atoms with E-state index in [1.807, 2.05) is 18.2 Å². The number of nitrogens with zero attached hydrogens (tertiary/aromatic N) is 2. The molecule has 4 nitrogen and oxygen atoms in total. The number of likely N-dealkylation sites (tertiary alicyclic amines) is 1. The van der Waals surface area contributed by atoms with Crippen molar-refractivity contribution in [2.24, 2.45) is 5.92 Å². The van der Waals surface area contributed by atoms with Gasteiger partial charge in [-0.1, -0.05) is 19.1 Å². The molecular weight excluding hydrogens is 330 g/mol. The Morgan fingerprint density at radius 2 is 2.08 bits per heavy atom. The molecule has 25 heavy (non-hydrogen) atoms. The lowest BCUT2D eigenvalue weighted by Crippen LogP contribution is -2.35. The van der Waals surface area contributed by atoms with Gasteiger partial charge in [0.1, 0.15) is 0 Å². The number of fused-ring (bicyclic) bond motifs is 1. The summed E-state index contributed by atoms with van der Waals surface area (Å²) in [4.78, 5) is 19.1. The third kappa shape index (κ3) is 5.79. The molecule has 0 saturated carbocycles. The molecule has 1 fully saturated rings. The number of nitrogens with one attached hydrogen (secondary N) is 1. The summed E-state index contributed by atoms with van der Waals surface area (Å²) in [5.41, 5.74) is 1.07. The number of amides is 1. The monoisotopic (exact) mass is 359 g/mol. The standard InChI is InChI=1S/C20H29N3OS/c1-16-10-14-23(15-11-16)13-5-12-21-19(24)8-4-9-20-22-17-6-2-3-7-18(17)25-20/h2-3,6-7,16H,4-5,8-15H2,1H3,(H,21,24). The van der Waals surface area contributed by atoms with Crippen LogP contribution in [0.5, 0.6) is 0 Å². The van der Waals surface area contributed by atoms with Gasteiger partial charge in [-0.05, 0) is 69.8 Å². The van der Waals surface area contributed by atoms with Crippen LogP contribution < -0.4 is 5.32 Å². The van der Waals surface area contributed by atoms with Crippen LogP contribution in [-0.4, -0.2) is 42.0 Å². The first-order chi connectivity index (χ1) is 12.2. The normalized spacial score (nSPS) is 16.4. The molecule has 1 aromatic heterocycles. The summed E-state index contributed by atoms with van der Waals surface area (Å²) in [7, 11) is 0. The van der Waals surface area contributed by atoms with Crippen molar-refractivity contribution in [1.29, 1.82) is 0 Å². The maximum absolute atomic E-state index is 12.0. The average molecular weight is 360 g/mol. The van der Waals surface area contributed by atoms with Crippen molar-refractivity contribution in [1.82, 2.24) is 15.2 Å². The van der Waals surface area contributed by atoms with Crippen molar-refractivity contribution in [3.05, 3.63) is 29.3 Å². The van der Waals surface area contributed by atoms with Crippen LogP contribution in [0.25, 0.3) is 10.2 Å². The molecule has 1 saturated heterocycles. The van der Waals surface area contributed by atoms with Crippen LogP contribution in [0.1, 0.15) is 44.0 Å². The summed E-state index contributed by atoms with van der Waals surface area (Å²) in [5, 5.41) is 4.19. The summed E-state index contributed by atoms with van der Waals surface area (Å²) in [6.45, 7) is 6.69. The van der Waals surface area contributed by atoms with E-state index in [0.717, 1.165) is 48.8 Å². The van der Waals surface area contributed by atoms with E-state index in [0.29, 0.717) is 6.42 Å². The molecule has 1 aliphatic heterocycles. The van der Waals surface area contributed by atoms with Gasteiger partial charge in [-0.3, -0.25) is 4.79 Å². The molecule has 0 aliphatic carbocycles. The van der Waals surface area contributed by atoms with Crippen molar-refractivity contribution < 1.29 is 4.79 Å². The van der Waals surface area contributed by atoms with Gasteiger partial charge in [-0.15, -0.1) is 11.3 Å². The predicted octanol–water partition coefficient (Wildman–Crippen LogP) is 3.86. The molecule has 1 aromatic carbocycles. The Morgan fingerprint density at radius 1 is 1.28 bits per heavy atom. The molecule has 2 heterocycles.